The summed E-state index contributed by atoms with van der Waals surface area (Å²) in [6.07, 6.45) is 1.80. The van der Waals surface area contributed by atoms with Gasteiger partial charge in [0.05, 0.1) is 6.04 Å². The summed E-state index contributed by atoms with van der Waals surface area (Å²) in [6, 6.07) is 17.2. The van der Waals surface area contributed by atoms with Crippen LogP contribution in [-0.2, 0) is 17.8 Å². The van der Waals surface area contributed by atoms with Crippen LogP contribution in [0.4, 0.5) is 0 Å². The minimum atomic E-state index is -0.315. The van der Waals surface area contributed by atoms with Gasteiger partial charge < -0.3 is 22.1 Å². The van der Waals surface area contributed by atoms with Crippen molar-refractivity contribution in [2.75, 3.05) is 6.54 Å². The Labute approximate surface area is 160 Å². The Hall–Kier alpha value is -2.70. The van der Waals surface area contributed by atoms with E-state index in [9.17, 15) is 4.79 Å². The molecule has 27 heavy (non-hydrogen) atoms. The van der Waals surface area contributed by atoms with Crippen molar-refractivity contribution in [1.29, 1.82) is 5.41 Å². The van der Waals surface area contributed by atoms with Crippen LogP contribution in [0.3, 0.4) is 0 Å². The zero-order valence-electron chi connectivity index (χ0n) is 15.7. The number of benzene rings is 2. The van der Waals surface area contributed by atoms with Gasteiger partial charge in [0, 0.05) is 24.7 Å². The van der Waals surface area contributed by atoms with Crippen LogP contribution < -0.4 is 22.1 Å². The number of nitrogens with two attached hydrogens (primary N) is 2. The van der Waals surface area contributed by atoms with E-state index in [1.807, 2.05) is 37.3 Å². The summed E-state index contributed by atoms with van der Waals surface area (Å²) in [6.45, 7) is 2.86. The maximum atomic E-state index is 12.2. The number of aryl methyl sites for hydroxylation is 1. The molecule has 0 heterocycles. The van der Waals surface area contributed by atoms with Gasteiger partial charge in [0.1, 0.15) is 5.84 Å². The fraction of sp³-hybridized carbons (Fsp3) is 0.333. The fourth-order valence-electron chi connectivity index (χ4n) is 2.66. The van der Waals surface area contributed by atoms with E-state index >= 15 is 0 Å². The van der Waals surface area contributed by atoms with Crippen molar-refractivity contribution in [3.8, 4) is 0 Å². The molecule has 7 N–H and O–H groups in total. The smallest absolute Gasteiger partial charge is 0.237 e. The zero-order chi connectivity index (χ0) is 19.6. The molecule has 0 saturated heterocycles. The summed E-state index contributed by atoms with van der Waals surface area (Å²) in [5.41, 5.74) is 14.5. The number of amides is 1. The summed E-state index contributed by atoms with van der Waals surface area (Å²) in [4.78, 5) is 12.2. The van der Waals surface area contributed by atoms with Crippen LogP contribution >= 0.6 is 0 Å². The molecule has 0 aliphatic heterocycles. The molecule has 6 nitrogen and oxygen atoms in total. The van der Waals surface area contributed by atoms with Crippen LogP contribution in [0.25, 0.3) is 0 Å². The van der Waals surface area contributed by atoms with E-state index < -0.39 is 0 Å². The number of hydrogen-bond acceptors (Lipinski definition) is 4. The van der Waals surface area contributed by atoms with Crippen molar-refractivity contribution in [2.45, 2.75) is 38.4 Å². The lowest BCUT2D eigenvalue weighted by atomic mass is 10.1. The first-order chi connectivity index (χ1) is 13.0. The van der Waals surface area contributed by atoms with Gasteiger partial charge in [-0.3, -0.25) is 10.2 Å². The minimum absolute atomic E-state index is 0.000388. The number of hydrogen-bond donors (Lipinski definition) is 5. The highest BCUT2D eigenvalue weighted by Crippen LogP contribution is 2.05. The van der Waals surface area contributed by atoms with Crippen LogP contribution in [0.2, 0.25) is 0 Å². The maximum absolute atomic E-state index is 12.2. The highest BCUT2D eigenvalue weighted by atomic mass is 16.2. The molecule has 0 radical (unpaired) electrons. The summed E-state index contributed by atoms with van der Waals surface area (Å²) in [7, 11) is 0. The Morgan fingerprint density at radius 3 is 2.37 bits per heavy atom. The predicted molar refractivity (Wildman–Crippen MR) is 110 cm³/mol. The van der Waals surface area contributed by atoms with Crippen LogP contribution in [-0.4, -0.2) is 30.4 Å². The first kappa shape index (κ1) is 20.6. The average Bonchev–Trinajstić information content (AvgIpc) is 2.69. The molecule has 2 atom stereocenters. The Morgan fingerprint density at radius 1 is 1.07 bits per heavy atom. The monoisotopic (exact) mass is 367 g/mol. The molecule has 0 fully saturated rings. The summed E-state index contributed by atoms with van der Waals surface area (Å²) in [5, 5.41) is 13.5. The average molecular weight is 367 g/mol. The van der Waals surface area contributed by atoms with E-state index in [0.717, 1.165) is 18.4 Å². The van der Waals surface area contributed by atoms with Gasteiger partial charge in [0.2, 0.25) is 5.91 Å². The molecule has 0 saturated carbocycles. The number of carbonyl (C=O) groups is 1. The van der Waals surface area contributed by atoms with E-state index in [1.54, 1.807) is 12.1 Å². The van der Waals surface area contributed by atoms with Crippen LogP contribution in [0.5, 0.6) is 0 Å². The fourth-order valence-corrected chi connectivity index (χ4v) is 2.66. The van der Waals surface area contributed by atoms with Crippen molar-refractivity contribution >= 4 is 11.7 Å². The summed E-state index contributed by atoms with van der Waals surface area (Å²) >= 11 is 0. The van der Waals surface area contributed by atoms with Gasteiger partial charge in [-0.05, 0) is 30.9 Å². The second kappa shape index (κ2) is 10.4. The third-order valence-electron chi connectivity index (χ3n) is 4.46. The Balaban J connectivity index is 1.67. The Bertz CT molecular complexity index is 730. The number of nitrogen functional groups attached to an aromatic ring is 1. The topological polar surface area (TPSA) is 117 Å². The van der Waals surface area contributed by atoms with Gasteiger partial charge >= 0.3 is 0 Å². The van der Waals surface area contributed by atoms with E-state index in [4.69, 9.17) is 16.9 Å². The SMILES string of the molecule is CC(NCC(N)CCc1ccccc1)C(=O)NCc1ccc(C(=N)N)cc1. The zero-order valence-corrected chi connectivity index (χ0v) is 15.7. The van der Waals surface area contributed by atoms with Crippen molar-refractivity contribution in [2.24, 2.45) is 11.5 Å². The van der Waals surface area contributed by atoms with Crippen LogP contribution in [0.15, 0.2) is 54.6 Å². The third-order valence-corrected chi connectivity index (χ3v) is 4.46. The molecule has 0 aliphatic rings. The molecule has 0 aliphatic carbocycles. The molecular weight excluding hydrogens is 338 g/mol. The lowest BCUT2D eigenvalue weighted by Gasteiger charge is -2.18. The highest BCUT2D eigenvalue weighted by molar-refractivity contribution is 5.94. The molecule has 0 spiro atoms. The lowest BCUT2D eigenvalue weighted by molar-refractivity contribution is -0.122. The Morgan fingerprint density at radius 2 is 1.74 bits per heavy atom. The van der Waals surface area contributed by atoms with Gasteiger partial charge in [-0.25, -0.2) is 0 Å². The molecule has 144 valence electrons. The quantitative estimate of drug-likeness (QED) is 0.323. The normalized spacial score (nSPS) is 13.0. The van der Waals surface area contributed by atoms with Gasteiger partial charge in [0.25, 0.3) is 0 Å². The summed E-state index contributed by atoms with van der Waals surface area (Å²) < 4.78 is 0. The van der Waals surface area contributed by atoms with E-state index in [0.29, 0.717) is 18.7 Å². The van der Waals surface area contributed by atoms with Crippen molar-refractivity contribution in [1.82, 2.24) is 10.6 Å². The molecule has 1 amide bonds. The molecule has 2 aromatic rings. The second-order valence-corrected chi connectivity index (χ2v) is 6.74. The van der Waals surface area contributed by atoms with Gasteiger partial charge in [0.15, 0.2) is 0 Å². The molecule has 6 heteroatoms. The molecule has 0 aromatic heterocycles. The molecule has 0 bridgehead atoms. The first-order valence-electron chi connectivity index (χ1n) is 9.19. The van der Waals surface area contributed by atoms with Crippen molar-refractivity contribution in [3.05, 3.63) is 71.3 Å². The molecule has 2 unspecified atom stereocenters. The molecule has 2 rings (SSSR count). The van der Waals surface area contributed by atoms with E-state index in [2.05, 4.69) is 22.8 Å². The molecular formula is C21H29N5O. The third kappa shape index (κ3) is 7.21. The largest absolute Gasteiger partial charge is 0.384 e. The van der Waals surface area contributed by atoms with E-state index in [1.165, 1.54) is 5.56 Å². The highest BCUT2D eigenvalue weighted by Gasteiger charge is 2.13. The standard InChI is InChI=1S/C21H29N5O/c1-15(25-14-19(22)12-9-16-5-3-2-4-6-16)21(27)26-13-17-7-10-18(11-8-17)20(23)24/h2-8,10-11,15,19,25H,9,12-14,22H2,1H3,(H3,23,24)(H,26,27). The second-order valence-electron chi connectivity index (χ2n) is 6.74. The number of carbonyl (C=O) groups excluding carboxylic acids is 1. The minimum Gasteiger partial charge on any atom is -0.384 e. The van der Waals surface area contributed by atoms with Gasteiger partial charge in [-0.1, -0.05) is 54.6 Å². The number of amidine groups is 1. The number of nitrogens with one attached hydrogen (secondary N) is 3. The van der Waals surface area contributed by atoms with Crippen molar-refractivity contribution in [3.63, 3.8) is 0 Å². The lowest BCUT2D eigenvalue weighted by Crippen LogP contribution is -2.46. The Kier molecular flexibility index (Phi) is 7.98. The van der Waals surface area contributed by atoms with Gasteiger partial charge in [-0.15, -0.1) is 0 Å². The molecule has 2 aromatic carbocycles. The van der Waals surface area contributed by atoms with Gasteiger partial charge in [-0.2, -0.15) is 0 Å². The van der Waals surface area contributed by atoms with Crippen molar-refractivity contribution < 1.29 is 4.79 Å². The predicted octanol–water partition coefficient (Wildman–Crippen LogP) is 1.53. The summed E-state index contributed by atoms with van der Waals surface area (Å²) in [5.74, 6) is -0.0343. The van der Waals surface area contributed by atoms with Crippen LogP contribution in [0.1, 0.15) is 30.0 Å². The number of rotatable bonds is 10. The van der Waals surface area contributed by atoms with Crippen LogP contribution in [0, 0.1) is 5.41 Å². The van der Waals surface area contributed by atoms with E-state index in [-0.39, 0.29) is 23.8 Å². The maximum Gasteiger partial charge on any atom is 0.237 e. The first-order valence-corrected chi connectivity index (χ1v) is 9.19.